The van der Waals surface area contributed by atoms with E-state index in [1.807, 2.05) is 19.9 Å². The molecule has 0 bridgehead atoms. The highest BCUT2D eigenvalue weighted by Gasteiger charge is 2.22. The van der Waals surface area contributed by atoms with Gasteiger partial charge in [0.2, 0.25) is 0 Å². The van der Waals surface area contributed by atoms with E-state index in [2.05, 4.69) is 24.0 Å². The molecule has 0 radical (unpaired) electrons. The SMILES string of the molecule is CCCC1CCN(c2ccc(N)c(OC(C)C)c2)C1. The molecule has 106 valence electrons. The molecule has 2 rings (SSSR count). The van der Waals surface area contributed by atoms with Crippen LogP contribution in [0.25, 0.3) is 0 Å². The van der Waals surface area contributed by atoms with Crippen molar-refractivity contribution in [1.29, 1.82) is 0 Å². The largest absolute Gasteiger partial charge is 0.489 e. The fraction of sp³-hybridized carbons (Fsp3) is 0.625. The summed E-state index contributed by atoms with van der Waals surface area (Å²) in [5.74, 6) is 1.66. The number of nitrogens with two attached hydrogens (primary N) is 1. The van der Waals surface area contributed by atoms with E-state index in [-0.39, 0.29) is 6.10 Å². The molecule has 1 heterocycles. The zero-order valence-corrected chi connectivity index (χ0v) is 12.4. The van der Waals surface area contributed by atoms with E-state index in [9.17, 15) is 0 Å². The van der Waals surface area contributed by atoms with Crippen LogP contribution in [0.2, 0.25) is 0 Å². The first-order chi connectivity index (χ1) is 9.10. The van der Waals surface area contributed by atoms with Crippen LogP contribution in [0, 0.1) is 5.92 Å². The Hall–Kier alpha value is -1.38. The van der Waals surface area contributed by atoms with E-state index in [1.54, 1.807) is 0 Å². The molecule has 1 aromatic carbocycles. The zero-order valence-electron chi connectivity index (χ0n) is 12.4. The van der Waals surface area contributed by atoms with Crippen molar-refractivity contribution in [3.8, 4) is 5.75 Å². The molecule has 1 aromatic rings. The summed E-state index contributed by atoms with van der Waals surface area (Å²) in [6.45, 7) is 8.63. The molecule has 2 N–H and O–H groups in total. The molecule has 1 atom stereocenters. The number of nitrogen functional groups attached to an aromatic ring is 1. The number of nitrogens with zero attached hydrogens (tertiary/aromatic N) is 1. The molecule has 3 heteroatoms. The third-order valence-electron chi connectivity index (χ3n) is 3.71. The van der Waals surface area contributed by atoms with Gasteiger partial charge in [-0.15, -0.1) is 0 Å². The Bertz CT molecular complexity index is 417. The molecule has 19 heavy (non-hydrogen) atoms. The van der Waals surface area contributed by atoms with Crippen molar-refractivity contribution in [2.45, 2.75) is 46.1 Å². The Morgan fingerprint density at radius 2 is 2.21 bits per heavy atom. The van der Waals surface area contributed by atoms with E-state index >= 15 is 0 Å². The fourth-order valence-corrected chi connectivity index (χ4v) is 2.79. The fourth-order valence-electron chi connectivity index (χ4n) is 2.79. The lowest BCUT2D eigenvalue weighted by Gasteiger charge is -2.21. The highest BCUT2D eigenvalue weighted by molar-refractivity contribution is 5.62. The molecule has 0 saturated carbocycles. The lowest BCUT2D eigenvalue weighted by molar-refractivity contribution is 0.244. The molecule has 1 aliphatic rings. The standard InChI is InChI=1S/C16H26N2O/c1-4-5-13-8-9-18(11-13)14-6-7-15(17)16(10-14)19-12(2)3/h6-7,10,12-13H,4-5,8-9,11,17H2,1-3H3. The number of anilines is 2. The van der Waals surface area contributed by atoms with Gasteiger partial charge in [-0.1, -0.05) is 13.3 Å². The van der Waals surface area contributed by atoms with E-state index in [0.717, 1.165) is 23.9 Å². The average Bonchev–Trinajstić information content (AvgIpc) is 2.80. The molecule has 1 aliphatic heterocycles. The van der Waals surface area contributed by atoms with Gasteiger partial charge in [0, 0.05) is 24.8 Å². The zero-order chi connectivity index (χ0) is 13.8. The van der Waals surface area contributed by atoms with Crippen LogP contribution in [-0.2, 0) is 0 Å². The third-order valence-corrected chi connectivity index (χ3v) is 3.71. The van der Waals surface area contributed by atoms with Crippen LogP contribution in [0.15, 0.2) is 18.2 Å². The Morgan fingerprint density at radius 1 is 1.42 bits per heavy atom. The van der Waals surface area contributed by atoms with E-state index in [1.165, 1.54) is 31.5 Å². The van der Waals surface area contributed by atoms with Crippen LogP contribution in [0.5, 0.6) is 5.75 Å². The van der Waals surface area contributed by atoms with Crippen molar-refractivity contribution in [1.82, 2.24) is 0 Å². The number of ether oxygens (including phenoxy) is 1. The lowest BCUT2D eigenvalue weighted by Crippen LogP contribution is -2.20. The molecule has 1 unspecified atom stereocenters. The van der Waals surface area contributed by atoms with Gasteiger partial charge in [0.25, 0.3) is 0 Å². The van der Waals surface area contributed by atoms with E-state index < -0.39 is 0 Å². The molecule has 1 saturated heterocycles. The van der Waals surface area contributed by atoms with Crippen molar-refractivity contribution in [2.24, 2.45) is 5.92 Å². The minimum absolute atomic E-state index is 0.156. The van der Waals surface area contributed by atoms with Gasteiger partial charge in [-0.2, -0.15) is 0 Å². The van der Waals surface area contributed by atoms with Crippen molar-refractivity contribution < 1.29 is 4.74 Å². The van der Waals surface area contributed by atoms with Crippen LogP contribution >= 0.6 is 0 Å². The second-order valence-electron chi connectivity index (χ2n) is 5.78. The van der Waals surface area contributed by atoms with Crippen molar-refractivity contribution >= 4 is 11.4 Å². The third kappa shape index (κ3) is 3.55. The van der Waals surface area contributed by atoms with Crippen molar-refractivity contribution in [2.75, 3.05) is 23.7 Å². The minimum atomic E-state index is 0.156. The molecule has 0 spiro atoms. The van der Waals surface area contributed by atoms with Gasteiger partial charge in [0.05, 0.1) is 11.8 Å². The highest BCUT2D eigenvalue weighted by atomic mass is 16.5. The van der Waals surface area contributed by atoms with Gasteiger partial charge >= 0.3 is 0 Å². The quantitative estimate of drug-likeness (QED) is 0.823. The van der Waals surface area contributed by atoms with Crippen LogP contribution in [-0.4, -0.2) is 19.2 Å². The first kappa shape index (κ1) is 14.0. The number of hydrogen-bond acceptors (Lipinski definition) is 3. The monoisotopic (exact) mass is 262 g/mol. The van der Waals surface area contributed by atoms with Crippen LogP contribution in [0.3, 0.4) is 0 Å². The van der Waals surface area contributed by atoms with Crippen LogP contribution < -0.4 is 15.4 Å². The molecule has 0 aromatic heterocycles. The smallest absolute Gasteiger partial charge is 0.144 e. The maximum Gasteiger partial charge on any atom is 0.144 e. The van der Waals surface area contributed by atoms with E-state index in [0.29, 0.717) is 0 Å². The lowest BCUT2D eigenvalue weighted by atomic mass is 10.0. The second-order valence-corrected chi connectivity index (χ2v) is 5.78. The van der Waals surface area contributed by atoms with Gasteiger partial charge < -0.3 is 15.4 Å². The topological polar surface area (TPSA) is 38.5 Å². The summed E-state index contributed by atoms with van der Waals surface area (Å²) >= 11 is 0. The second kappa shape index (κ2) is 6.18. The van der Waals surface area contributed by atoms with Gasteiger partial charge in [-0.25, -0.2) is 0 Å². The minimum Gasteiger partial charge on any atom is -0.489 e. The molecule has 3 nitrogen and oxygen atoms in total. The summed E-state index contributed by atoms with van der Waals surface area (Å²) in [4.78, 5) is 2.45. The summed E-state index contributed by atoms with van der Waals surface area (Å²) in [6.07, 6.45) is 4.07. The Balaban J connectivity index is 2.08. The number of rotatable bonds is 5. The predicted molar refractivity (Wildman–Crippen MR) is 81.8 cm³/mol. The predicted octanol–water partition coefficient (Wildman–Crippen LogP) is 3.68. The summed E-state index contributed by atoms with van der Waals surface area (Å²) in [7, 11) is 0. The highest BCUT2D eigenvalue weighted by Crippen LogP contribution is 2.32. The Labute approximate surface area is 116 Å². The van der Waals surface area contributed by atoms with E-state index in [4.69, 9.17) is 10.5 Å². The summed E-state index contributed by atoms with van der Waals surface area (Å²) in [6, 6.07) is 6.15. The summed E-state index contributed by atoms with van der Waals surface area (Å²) < 4.78 is 5.77. The first-order valence-electron chi connectivity index (χ1n) is 7.41. The van der Waals surface area contributed by atoms with Crippen molar-refractivity contribution in [3.63, 3.8) is 0 Å². The molecular formula is C16H26N2O. The van der Waals surface area contributed by atoms with Gasteiger partial charge in [-0.3, -0.25) is 0 Å². The normalized spacial score (nSPS) is 19.2. The summed E-state index contributed by atoms with van der Waals surface area (Å²) in [5, 5.41) is 0. The van der Waals surface area contributed by atoms with Crippen LogP contribution in [0.4, 0.5) is 11.4 Å². The maximum absolute atomic E-state index is 5.97. The van der Waals surface area contributed by atoms with Gasteiger partial charge in [0.1, 0.15) is 5.75 Å². The molecule has 0 aliphatic carbocycles. The Morgan fingerprint density at radius 3 is 2.89 bits per heavy atom. The number of hydrogen-bond donors (Lipinski definition) is 1. The molecular weight excluding hydrogens is 236 g/mol. The van der Waals surface area contributed by atoms with Gasteiger partial charge in [0.15, 0.2) is 0 Å². The van der Waals surface area contributed by atoms with Crippen LogP contribution in [0.1, 0.15) is 40.0 Å². The summed E-state index contributed by atoms with van der Waals surface area (Å²) in [5.41, 5.74) is 7.93. The first-order valence-corrected chi connectivity index (χ1v) is 7.41. The van der Waals surface area contributed by atoms with Crippen molar-refractivity contribution in [3.05, 3.63) is 18.2 Å². The number of benzene rings is 1. The molecule has 1 fully saturated rings. The van der Waals surface area contributed by atoms with Gasteiger partial charge in [-0.05, 0) is 44.7 Å². The maximum atomic E-state index is 5.97. The molecule has 0 amide bonds. The Kier molecular flexibility index (Phi) is 4.56. The average molecular weight is 262 g/mol.